The molecule has 5 rings (SSSR count). The van der Waals surface area contributed by atoms with Crippen molar-refractivity contribution in [2.75, 3.05) is 11.9 Å². The fourth-order valence-electron chi connectivity index (χ4n) is 4.09. The van der Waals surface area contributed by atoms with E-state index < -0.39 is 5.95 Å². The molecule has 0 aliphatic carbocycles. The number of benzene rings is 2. The van der Waals surface area contributed by atoms with Crippen LogP contribution in [0, 0.1) is 5.95 Å². The van der Waals surface area contributed by atoms with Crippen molar-refractivity contribution in [3.63, 3.8) is 0 Å². The number of halogens is 2. The lowest BCUT2D eigenvalue weighted by Crippen LogP contribution is -2.39. The number of rotatable bonds is 5. The van der Waals surface area contributed by atoms with E-state index in [2.05, 4.69) is 15.3 Å². The Morgan fingerprint density at radius 1 is 1.14 bits per heavy atom. The zero-order chi connectivity index (χ0) is 25.1. The number of amides is 2. The molecule has 2 N–H and O–H groups in total. The number of hydrogen-bond donors (Lipinski definition) is 2. The van der Waals surface area contributed by atoms with Crippen LogP contribution in [0.2, 0.25) is 5.02 Å². The molecule has 7 nitrogen and oxygen atoms in total. The molecule has 0 unspecified atom stereocenters. The summed E-state index contributed by atoms with van der Waals surface area (Å²) in [4.78, 5) is 32.8. The molecule has 0 radical (unpaired) electrons. The van der Waals surface area contributed by atoms with Crippen LogP contribution in [0.15, 0.2) is 77.9 Å². The van der Waals surface area contributed by atoms with Crippen molar-refractivity contribution in [2.24, 2.45) is 0 Å². The number of anilines is 1. The fourth-order valence-corrected chi connectivity index (χ4v) is 4.37. The summed E-state index contributed by atoms with van der Waals surface area (Å²) in [5.41, 5.74) is 4.26. The summed E-state index contributed by atoms with van der Waals surface area (Å²) in [7, 11) is 0. The van der Waals surface area contributed by atoms with Crippen molar-refractivity contribution in [3.05, 3.63) is 111 Å². The summed E-state index contributed by atoms with van der Waals surface area (Å²) in [5, 5.41) is 3.27. The maximum Gasteiger partial charge on any atom is 0.322 e. The Hall–Kier alpha value is -4.17. The average Bonchev–Trinajstić information content (AvgIpc) is 2.89. The second-order valence-corrected chi connectivity index (χ2v) is 8.83. The van der Waals surface area contributed by atoms with E-state index in [4.69, 9.17) is 16.3 Å². The van der Waals surface area contributed by atoms with Gasteiger partial charge in [-0.25, -0.2) is 9.78 Å². The molecule has 2 amide bonds. The van der Waals surface area contributed by atoms with Gasteiger partial charge in [0.15, 0.2) is 0 Å². The summed E-state index contributed by atoms with van der Waals surface area (Å²) >= 11 is 6.57. The van der Waals surface area contributed by atoms with Crippen LogP contribution < -0.4 is 15.6 Å². The molecular weight excluding hydrogens is 483 g/mol. The number of carbonyl (C=O) groups excluding carboxylic acids is 1. The first-order valence-corrected chi connectivity index (χ1v) is 11.7. The molecule has 0 saturated carbocycles. The van der Waals surface area contributed by atoms with Gasteiger partial charge in [0.05, 0.1) is 10.7 Å². The third kappa shape index (κ3) is 5.23. The van der Waals surface area contributed by atoms with Gasteiger partial charge in [0.25, 0.3) is 0 Å². The fraction of sp³-hybridized carbons (Fsp3) is 0.148. The number of nitrogens with zero attached hydrogens (tertiary/aromatic N) is 2. The Kier molecular flexibility index (Phi) is 6.69. The number of hydrogen-bond acceptors (Lipinski definition) is 4. The predicted molar refractivity (Wildman–Crippen MR) is 136 cm³/mol. The monoisotopic (exact) mass is 504 g/mol. The van der Waals surface area contributed by atoms with E-state index in [0.29, 0.717) is 47.1 Å². The van der Waals surface area contributed by atoms with Crippen molar-refractivity contribution >= 4 is 23.3 Å². The van der Waals surface area contributed by atoms with Gasteiger partial charge in [0.2, 0.25) is 11.5 Å². The van der Waals surface area contributed by atoms with Gasteiger partial charge in [0, 0.05) is 42.7 Å². The van der Waals surface area contributed by atoms with Gasteiger partial charge >= 0.3 is 6.03 Å². The number of fused-ring (bicyclic) bond motifs is 1. The van der Waals surface area contributed by atoms with Gasteiger partial charge in [0.1, 0.15) is 12.4 Å². The largest absolute Gasteiger partial charge is 0.487 e. The number of aromatic amines is 1. The van der Waals surface area contributed by atoms with Crippen LogP contribution in [0.25, 0.3) is 11.1 Å². The topological polar surface area (TPSA) is 87.3 Å². The zero-order valence-electron chi connectivity index (χ0n) is 19.1. The highest BCUT2D eigenvalue weighted by Gasteiger charge is 2.23. The third-order valence-electron chi connectivity index (χ3n) is 5.99. The molecular formula is C27H22ClFN4O3. The maximum absolute atomic E-state index is 13.3. The Morgan fingerprint density at radius 3 is 2.75 bits per heavy atom. The number of nitrogens with one attached hydrogen (secondary N) is 2. The molecule has 36 heavy (non-hydrogen) atoms. The van der Waals surface area contributed by atoms with Gasteiger partial charge in [-0.3, -0.25) is 4.79 Å². The lowest BCUT2D eigenvalue weighted by atomic mass is 10.0. The Labute approximate surface area is 211 Å². The molecule has 1 aliphatic heterocycles. The minimum atomic E-state index is -0.591. The molecule has 0 fully saturated rings. The summed E-state index contributed by atoms with van der Waals surface area (Å²) < 4.78 is 19.4. The summed E-state index contributed by atoms with van der Waals surface area (Å²) in [5.74, 6) is -0.177. The highest BCUT2D eigenvalue weighted by molar-refractivity contribution is 6.33. The van der Waals surface area contributed by atoms with Crippen molar-refractivity contribution < 1.29 is 13.9 Å². The standard InChI is InChI=1S/C27H22ClFN4O3/c28-22-12-23(32-27(35)33-9-8-18-10-26(34)31-14-20(18)15-33)24(36-16-17-4-2-1-3-5-17)11-21(22)19-6-7-25(29)30-13-19/h1-7,10-14H,8-9,15-16H2,(H,31,34)(H,32,35). The highest BCUT2D eigenvalue weighted by atomic mass is 35.5. The first kappa shape index (κ1) is 23.6. The van der Waals surface area contributed by atoms with Crippen molar-refractivity contribution in [1.29, 1.82) is 0 Å². The number of pyridine rings is 2. The van der Waals surface area contributed by atoms with Gasteiger partial charge in [-0.15, -0.1) is 0 Å². The van der Waals surface area contributed by atoms with Crippen molar-refractivity contribution in [3.8, 4) is 16.9 Å². The Morgan fingerprint density at radius 2 is 1.97 bits per heavy atom. The second kappa shape index (κ2) is 10.2. The molecule has 0 atom stereocenters. The van der Waals surface area contributed by atoms with Crippen LogP contribution >= 0.6 is 11.6 Å². The van der Waals surface area contributed by atoms with Crippen LogP contribution in [0.1, 0.15) is 16.7 Å². The number of ether oxygens (including phenoxy) is 1. The SMILES string of the molecule is O=C(Nc1cc(Cl)c(-c2ccc(F)nc2)cc1OCc1ccccc1)N1CCc2cc(=O)[nH]cc2C1. The minimum Gasteiger partial charge on any atom is -0.487 e. The molecule has 2 aromatic heterocycles. The van der Waals surface area contributed by atoms with E-state index in [1.807, 2.05) is 30.3 Å². The third-order valence-corrected chi connectivity index (χ3v) is 6.31. The van der Waals surface area contributed by atoms with E-state index >= 15 is 0 Å². The minimum absolute atomic E-state index is 0.155. The van der Waals surface area contributed by atoms with Crippen molar-refractivity contribution in [1.82, 2.24) is 14.9 Å². The van der Waals surface area contributed by atoms with Crippen LogP contribution in [-0.4, -0.2) is 27.4 Å². The van der Waals surface area contributed by atoms with E-state index in [9.17, 15) is 14.0 Å². The lowest BCUT2D eigenvalue weighted by molar-refractivity contribution is 0.206. The first-order valence-electron chi connectivity index (χ1n) is 11.3. The van der Waals surface area contributed by atoms with Gasteiger partial charge < -0.3 is 19.9 Å². The lowest BCUT2D eigenvalue weighted by Gasteiger charge is -2.29. The molecule has 1 aliphatic rings. The molecule has 3 heterocycles. The maximum atomic E-state index is 13.3. The average molecular weight is 505 g/mol. The number of aromatic nitrogens is 2. The second-order valence-electron chi connectivity index (χ2n) is 8.42. The molecule has 9 heteroatoms. The Bertz CT molecular complexity index is 1460. The zero-order valence-corrected chi connectivity index (χ0v) is 19.9. The smallest absolute Gasteiger partial charge is 0.322 e. The molecule has 0 saturated heterocycles. The predicted octanol–water partition coefficient (Wildman–Crippen LogP) is 5.40. The normalized spacial score (nSPS) is 12.7. The van der Waals surface area contributed by atoms with Crippen LogP contribution in [-0.2, 0) is 19.6 Å². The van der Waals surface area contributed by atoms with E-state index in [1.54, 1.807) is 35.4 Å². The summed E-state index contributed by atoms with van der Waals surface area (Å²) in [6.07, 6.45) is 3.63. The first-order chi connectivity index (χ1) is 17.5. The van der Waals surface area contributed by atoms with Gasteiger partial charge in [-0.2, -0.15) is 4.39 Å². The van der Waals surface area contributed by atoms with E-state index in [0.717, 1.165) is 16.7 Å². The van der Waals surface area contributed by atoms with Crippen LogP contribution in [0.4, 0.5) is 14.9 Å². The molecule has 182 valence electrons. The van der Waals surface area contributed by atoms with Crippen LogP contribution in [0.3, 0.4) is 0 Å². The number of carbonyl (C=O) groups is 1. The quantitative estimate of drug-likeness (QED) is 0.356. The van der Waals surface area contributed by atoms with E-state index in [1.165, 1.54) is 12.3 Å². The van der Waals surface area contributed by atoms with Gasteiger partial charge in [-0.05, 0) is 47.4 Å². The molecule has 0 bridgehead atoms. The molecule has 4 aromatic rings. The Balaban J connectivity index is 1.42. The summed E-state index contributed by atoms with van der Waals surface area (Å²) in [6, 6.07) is 17.1. The number of urea groups is 1. The van der Waals surface area contributed by atoms with Gasteiger partial charge in [-0.1, -0.05) is 41.9 Å². The highest BCUT2D eigenvalue weighted by Crippen LogP contribution is 2.38. The van der Waals surface area contributed by atoms with E-state index in [-0.39, 0.29) is 18.2 Å². The van der Waals surface area contributed by atoms with Crippen molar-refractivity contribution in [2.45, 2.75) is 19.6 Å². The summed E-state index contributed by atoms with van der Waals surface area (Å²) in [6.45, 7) is 1.11. The number of H-pyrrole nitrogens is 1. The molecule has 2 aromatic carbocycles. The van der Waals surface area contributed by atoms with Crippen LogP contribution in [0.5, 0.6) is 5.75 Å². The molecule has 0 spiro atoms.